The van der Waals surface area contributed by atoms with Crippen molar-refractivity contribution in [2.75, 3.05) is 31.1 Å². The molecule has 2 aromatic carbocycles. The average Bonchev–Trinajstić information content (AvgIpc) is 2.82. The second kappa shape index (κ2) is 11.1. The molecule has 0 aliphatic carbocycles. The maximum atomic E-state index is 13.1. The van der Waals surface area contributed by atoms with Crippen molar-refractivity contribution in [1.29, 1.82) is 0 Å². The van der Waals surface area contributed by atoms with Crippen LogP contribution >= 0.6 is 0 Å². The third-order valence-electron chi connectivity index (χ3n) is 6.51. The molecule has 8 nitrogen and oxygen atoms in total. The van der Waals surface area contributed by atoms with Crippen molar-refractivity contribution in [2.45, 2.75) is 51.7 Å². The number of benzene rings is 2. The minimum Gasteiger partial charge on any atom is -0.444 e. The van der Waals surface area contributed by atoms with Gasteiger partial charge in [-0.05, 0) is 62.8 Å². The van der Waals surface area contributed by atoms with Crippen LogP contribution in [0.4, 0.5) is 15.3 Å². The third kappa shape index (κ3) is 6.43. The number of ether oxygens (including phenoxy) is 2. The third-order valence-corrected chi connectivity index (χ3v) is 6.51. The quantitative estimate of drug-likeness (QED) is 0.650. The Morgan fingerprint density at radius 2 is 1.61 bits per heavy atom. The van der Waals surface area contributed by atoms with Gasteiger partial charge in [0.2, 0.25) is 5.91 Å². The van der Waals surface area contributed by atoms with Crippen LogP contribution in [0.1, 0.15) is 50.7 Å². The lowest BCUT2D eigenvalue weighted by molar-refractivity contribution is -0.123. The highest BCUT2D eigenvalue weighted by atomic mass is 16.6. The number of piperidine rings is 1. The Morgan fingerprint density at radius 3 is 2.17 bits per heavy atom. The van der Waals surface area contributed by atoms with Crippen LogP contribution in [0.15, 0.2) is 54.6 Å². The highest BCUT2D eigenvalue weighted by molar-refractivity contribution is 6.13. The van der Waals surface area contributed by atoms with Gasteiger partial charge >= 0.3 is 12.2 Å². The summed E-state index contributed by atoms with van der Waals surface area (Å²) in [5.41, 5.74) is 1.97. The normalized spacial score (nSPS) is 16.7. The zero-order valence-corrected chi connectivity index (χ0v) is 21.2. The Kier molecular flexibility index (Phi) is 7.94. The Labute approximate surface area is 212 Å². The first-order chi connectivity index (χ1) is 17.2. The smallest absolute Gasteiger partial charge is 0.421 e. The van der Waals surface area contributed by atoms with Crippen LogP contribution in [-0.4, -0.2) is 54.8 Å². The summed E-state index contributed by atoms with van der Waals surface area (Å²) >= 11 is 0. The number of hydrogen-bond acceptors (Lipinski definition) is 6. The molecular weight excluding hydrogens is 458 g/mol. The van der Waals surface area contributed by atoms with Crippen molar-refractivity contribution in [3.63, 3.8) is 0 Å². The minimum absolute atomic E-state index is 0.0979. The van der Waals surface area contributed by atoms with Crippen molar-refractivity contribution >= 4 is 23.8 Å². The first-order valence-corrected chi connectivity index (χ1v) is 12.5. The predicted molar refractivity (Wildman–Crippen MR) is 137 cm³/mol. The van der Waals surface area contributed by atoms with Gasteiger partial charge < -0.3 is 19.7 Å². The van der Waals surface area contributed by atoms with Gasteiger partial charge in [0.15, 0.2) is 0 Å². The van der Waals surface area contributed by atoms with E-state index in [0.717, 1.165) is 28.9 Å². The monoisotopic (exact) mass is 493 g/mol. The van der Waals surface area contributed by atoms with E-state index in [-0.39, 0.29) is 24.5 Å². The molecule has 2 aliphatic heterocycles. The van der Waals surface area contributed by atoms with Crippen LogP contribution in [0, 0.1) is 5.92 Å². The highest BCUT2D eigenvalue weighted by Crippen LogP contribution is 2.31. The van der Waals surface area contributed by atoms with Gasteiger partial charge in [0, 0.05) is 26.2 Å². The number of amides is 3. The molecule has 2 aliphatic rings. The van der Waals surface area contributed by atoms with Crippen molar-refractivity contribution < 1.29 is 23.9 Å². The Hall–Kier alpha value is -3.39. The summed E-state index contributed by atoms with van der Waals surface area (Å²) in [4.78, 5) is 41.4. The first kappa shape index (κ1) is 25.7. The summed E-state index contributed by atoms with van der Waals surface area (Å²) in [6.07, 6.45) is 0.710. The van der Waals surface area contributed by atoms with Crippen LogP contribution < -0.4 is 10.2 Å². The molecule has 2 fully saturated rings. The van der Waals surface area contributed by atoms with Gasteiger partial charge in [0.25, 0.3) is 0 Å². The molecular formula is C28H35N3O5. The Balaban J connectivity index is 1.41. The number of rotatable bonds is 5. The fourth-order valence-corrected chi connectivity index (χ4v) is 4.37. The molecule has 192 valence electrons. The van der Waals surface area contributed by atoms with E-state index in [0.29, 0.717) is 37.8 Å². The molecule has 4 rings (SSSR count). The number of carbonyl (C=O) groups is 3. The Bertz CT molecular complexity index is 1050. The lowest BCUT2D eigenvalue weighted by Gasteiger charge is -2.34. The molecule has 0 radical (unpaired) electrons. The van der Waals surface area contributed by atoms with E-state index < -0.39 is 11.7 Å². The molecule has 2 aromatic rings. The summed E-state index contributed by atoms with van der Waals surface area (Å²) in [6.45, 7) is 8.06. The molecule has 0 spiro atoms. The molecule has 0 aromatic heterocycles. The van der Waals surface area contributed by atoms with Crippen LogP contribution in [-0.2, 0) is 20.9 Å². The van der Waals surface area contributed by atoms with Gasteiger partial charge in [-0.1, -0.05) is 42.5 Å². The number of likely N-dealkylation sites (tertiary alicyclic amines) is 1. The second-order valence-corrected chi connectivity index (χ2v) is 10.4. The average molecular weight is 494 g/mol. The van der Waals surface area contributed by atoms with Crippen molar-refractivity contribution in [3.05, 3.63) is 65.7 Å². The second-order valence-electron chi connectivity index (χ2n) is 10.4. The molecule has 36 heavy (non-hydrogen) atoms. The molecule has 0 atom stereocenters. The number of carbonyl (C=O) groups excluding carboxylic acids is 3. The number of imide groups is 1. The molecule has 0 unspecified atom stereocenters. The molecule has 0 saturated carbocycles. The molecule has 1 N–H and O–H groups in total. The van der Waals surface area contributed by atoms with Crippen molar-refractivity contribution in [2.24, 2.45) is 5.92 Å². The van der Waals surface area contributed by atoms with Crippen LogP contribution in [0.25, 0.3) is 0 Å². The standard InChI is InChI=1S/C28H35N3O5/c1-28(2,3)36-26(33)30-15-13-22(14-16-30)21-9-11-24(12-10-21)31(25(32)23-17-29-18-23)27(34)35-19-20-7-5-4-6-8-20/h4-12,22-23,29H,13-19H2,1-3H3. The van der Waals surface area contributed by atoms with Crippen molar-refractivity contribution in [3.8, 4) is 0 Å². The molecule has 0 bridgehead atoms. The first-order valence-electron chi connectivity index (χ1n) is 12.5. The van der Waals surface area contributed by atoms with Crippen LogP contribution in [0.3, 0.4) is 0 Å². The summed E-state index contributed by atoms with van der Waals surface area (Å²) in [7, 11) is 0. The molecule has 3 amide bonds. The minimum atomic E-state index is -0.672. The summed E-state index contributed by atoms with van der Waals surface area (Å²) in [5.74, 6) is -0.209. The van der Waals surface area contributed by atoms with E-state index in [1.54, 1.807) is 4.90 Å². The van der Waals surface area contributed by atoms with Gasteiger partial charge in [0.1, 0.15) is 12.2 Å². The van der Waals surface area contributed by atoms with Crippen LogP contribution in [0.5, 0.6) is 0 Å². The number of hydrogen-bond donors (Lipinski definition) is 1. The van der Waals surface area contributed by atoms with Crippen LogP contribution in [0.2, 0.25) is 0 Å². The van der Waals surface area contributed by atoms with E-state index in [1.807, 2.05) is 75.4 Å². The van der Waals surface area contributed by atoms with E-state index >= 15 is 0 Å². The Morgan fingerprint density at radius 1 is 0.972 bits per heavy atom. The van der Waals surface area contributed by atoms with Gasteiger partial charge in [0.05, 0.1) is 11.6 Å². The molecule has 2 saturated heterocycles. The van der Waals surface area contributed by atoms with Gasteiger partial charge in [-0.15, -0.1) is 0 Å². The fourth-order valence-electron chi connectivity index (χ4n) is 4.37. The molecule has 2 heterocycles. The maximum absolute atomic E-state index is 13.1. The number of anilines is 1. The SMILES string of the molecule is CC(C)(C)OC(=O)N1CCC(c2ccc(N(C(=O)OCc3ccccc3)C(=O)C3CNC3)cc2)CC1. The lowest BCUT2D eigenvalue weighted by Crippen LogP contribution is -2.53. The van der Waals surface area contributed by atoms with E-state index in [4.69, 9.17) is 9.47 Å². The largest absolute Gasteiger partial charge is 0.444 e. The van der Waals surface area contributed by atoms with E-state index in [2.05, 4.69) is 5.32 Å². The fraction of sp³-hybridized carbons (Fsp3) is 0.464. The number of nitrogens with zero attached hydrogens (tertiary/aromatic N) is 2. The van der Waals surface area contributed by atoms with E-state index in [9.17, 15) is 14.4 Å². The zero-order valence-electron chi connectivity index (χ0n) is 21.2. The highest BCUT2D eigenvalue weighted by Gasteiger charge is 2.35. The topological polar surface area (TPSA) is 88.2 Å². The summed E-state index contributed by atoms with van der Waals surface area (Å²) in [6, 6.07) is 16.9. The zero-order chi connectivity index (χ0) is 25.7. The van der Waals surface area contributed by atoms with Crippen molar-refractivity contribution in [1.82, 2.24) is 10.2 Å². The van der Waals surface area contributed by atoms with Gasteiger partial charge in [-0.25, -0.2) is 14.5 Å². The number of nitrogens with one attached hydrogen (secondary N) is 1. The van der Waals surface area contributed by atoms with E-state index in [1.165, 1.54) is 0 Å². The predicted octanol–water partition coefficient (Wildman–Crippen LogP) is 4.69. The maximum Gasteiger partial charge on any atom is 0.421 e. The lowest BCUT2D eigenvalue weighted by atomic mass is 9.89. The van der Waals surface area contributed by atoms with Gasteiger partial charge in [-0.2, -0.15) is 0 Å². The summed E-state index contributed by atoms with van der Waals surface area (Å²) in [5, 5.41) is 3.08. The molecule has 8 heteroatoms. The summed E-state index contributed by atoms with van der Waals surface area (Å²) < 4.78 is 11.0. The van der Waals surface area contributed by atoms with Gasteiger partial charge in [-0.3, -0.25) is 4.79 Å².